The molecule has 1 unspecified atom stereocenters. The summed E-state index contributed by atoms with van der Waals surface area (Å²) < 4.78 is 1.82. The minimum absolute atomic E-state index is 0.322. The van der Waals surface area contributed by atoms with Gasteiger partial charge in [-0.05, 0) is 37.5 Å². The Hall–Kier alpha value is -1.88. The van der Waals surface area contributed by atoms with Gasteiger partial charge in [0.1, 0.15) is 5.75 Å². The van der Waals surface area contributed by atoms with Gasteiger partial charge in [0.05, 0.1) is 12.7 Å². The van der Waals surface area contributed by atoms with E-state index < -0.39 is 0 Å². The minimum atomic E-state index is 0.322. The second-order valence-electron chi connectivity index (χ2n) is 4.73. The number of hydrogen-bond acceptors (Lipinski definition) is 4. The van der Waals surface area contributed by atoms with E-state index in [1.807, 2.05) is 23.0 Å². The van der Waals surface area contributed by atoms with Gasteiger partial charge in [0.2, 0.25) is 0 Å². The largest absolute Gasteiger partial charge is 0.508 e. The zero-order valence-corrected chi connectivity index (χ0v) is 11.2. The minimum Gasteiger partial charge on any atom is -0.508 e. The molecule has 1 heterocycles. The molecule has 1 atom stereocenters. The topological polar surface area (TPSA) is 63.0 Å². The zero-order chi connectivity index (χ0) is 13.5. The molecule has 2 rings (SSSR count). The second-order valence-corrected chi connectivity index (χ2v) is 4.73. The molecule has 0 fully saturated rings. The Kier molecular flexibility index (Phi) is 4.92. The SMILES string of the molecule is CC(CCc1ccc(O)cc1)NCCn1ccnn1. The molecular formula is C14H20N4O. The van der Waals surface area contributed by atoms with Crippen LogP contribution in [0.15, 0.2) is 36.7 Å². The van der Waals surface area contributed by atoms with Crippen LogP contribution in [-0.4, -0.2) is 32.7 Å². The van der Waals surface area contributed by atoms with Crippen molar-refractivity contribution in [2.45, 2.75) is 32.4 Å². The van der Waals surface area contributed by atoms with Gasteiger partial charge >= 0.3 is 0 Å². The van der Waals surface area contributed by atoms with E-state index in [1.165, 1.54) is 5.56 Å². The summed E-state index contributed by atoms with van der Waals surface area (Å²) >= 11 is 0. The molecular weight excluding hydrogens is 240 g/mol. The van der Waals surface area contributed by atoms with Crippen molar-refractivity contribution in [3.63, 3.8) is 0 Å². The molecule has 1 aromatic heterocycles. The van der Waals surface area contributed by atoms with Crippen molar-refractivity contribution in [1.29, 1.82) is 0 Å². The summed E-state index contributed by atoms with van der Waals surface area (Å²) in [5, 5.41) is 20.4. The summed E-state index contributed by atoms with van der Waals surface area (Å²) in [5.41, 5.74) is 1.25. The van der Waals surface area contributed by atoms with Crippen molar-refractivity contribution in [2.75, 3.05) is 6.54 Å². The molecule has 5 nitrogen and oxygen atoms in total. The lowest BCUT2D eigenvalue weighted by Crippen LogP contribution is -2.29. The maximum Gasteiger partial charge on any atom is 0.115 e. The van der Waals surface area contributed by atoms with Gasteiger partial charge in [-0.1, -0.05) is 17.3 Å². The Labute approximate surface area is 113 Å². The molecule has 102 valence electrons. The quantitative estimate of drug-likeness (QED) is 0.793. The summed E-state index contributed by atoms with van der Waals surface area (Å²) in [5.74, 6) is 0.322. The number of aromatic nitrogens is 3. The third-order valence-corrected chi connectivity index (χ3v) is 3.11. The molecule has 5 heteroatoms. The van der Waals surface area contributed by atoms with E-state index >= 15 is 0 Å². The summed E-state index contributed by atoms with van der Waals surface area (Å²) in [4.78, 5) is 0. The third kappa shape index (κ3) is 4.71. The fraction of sp³-hybridized carbons (Fsp3) is 0.429. The lowest BCUT2D eigenvalue weighted by Gasteiger charge is -2.13. The van der Waals surface area contributed by atoms with Crippen LogP contribution >= 0.6 is 0 Å². The average molecular weight is 260 g/mol. The Bertz CT molecular complexity index is 467. The highest BCUT2D eigenvalue weighted by Crippen LogP contribution is 2.11. The summed E-state index contributed by atoms with van der Waals surface area (Å²) in [6, 6.07) is 7.86. The van der Waals surface area contributed by atoms with Crippen molar-refractivity contribution < 1.29 is 5.11 Å². The first-order chi connectivity index (χ1) is 9.24. The van der Waals surface area contributed by atoms with Gasteiger partial charge in [0, 0.05) is 18.8 Å². The molecule has 0 bridgehead atoms. The van der Waals surface area contributed by atoms with Crippen LogP contribution in [0.5, 0.6) is 5.75 Å². The number of hydrogen-bond donors (Lipinski definition) is 2. The highest BCUT2D eigenvalue weighted by molar-refractivity contribution is 5.25. The summed E-state index contributed by atoms with van der Waals surface area (Å²) in [6.45, 7) is 3.91. The second kappa shape index (κ2) is 6.89. The van der Waals surface area contributed by atoms with Crippen LogP contribution in [0.3, 0.4) is 0 Å². The van der Waals surface area contributed by atoms with Gasteiger partial charge in [0.15, 0.2) is 0 Å². The first kappa shape index (κ1) is 13.5. The zero-order valence-electron chi connectivity index (χ0n) is 11.2. The molecule has 0 radical (unpaired) electrons. The summed E-state index contributed by atoms with van der Waals surface area (Å²) in [6.07, 6.45) is 5.64. The predicted octanol–water partition coefficient (Wildman–Crippen LogP) is 1.59. The molecule has 1 aromatic carbocycles. The van der Waals surface area contributed by atoms with E-state index in [-0.39, 0.29) is 0 Å². The highest BCUT2D eigenvalue weighted by atomic mass is 16.3. The van der Waals surface area contributed by atoms with Crippen LogP contribution < -0.4 is 5.32 Å². The standard InChI is InChI=1S/C14H20N4O/c1-12(15-8-10-18-11-9-16-17-18)2-3-13-4-6-14(19)7-5-13/h4-7,9,11-12,15,19H,2-3,8,10H2,1H3. The monoisotopic (exact) mass is 260 g/mol. The first-order valence-electron chi connectivity index (χ1n) is 6.59. The van der Waals surface area contributed by atoms with E-state index in [0.717, 1.165) is 25.9 Å². The Balaban J connectivity index is 1.64. The van der Waals surface area contributed by atoms with Gasteiger partial charge in [-0.15, -0.1) is 5.10 Å². The fourth-order valence-electron chi connectivity index (χ4n) is 1.93. The average Bonchev–Trinajstić information content (AvgIpc) is 2.91. The number of nitrogens with zero attached hydrogens (tertiary/aromatic N) is 3. The number of phenolic OH excluding ortho intramolecular Hbond substituents is 1. The maximum absolute atomic E-state index is 9.22. The van der Waals surface area contributed by atoms with Crippen LogP contribution in [0.1, 0.15) is 18.9 Å². The maximum atomic E-state index is 9.22. The highest BCUT2D eigenvalue weighted by Gasteiger charge is 2.02. The van der Waals surface area contributed by atoms with Gasteiger partial charge < -0.3 is 10.4 Å². The van der Waals surface area contributed by atoms with Gasteiger partial charge in [-0.25, -0.2) is 0 Å². The van der Waals surface area contributed by atoms with Crippen molar-refractivity contribution in [3.8, 4) is 5.75 Å². The molecule has 0 aliphatic carbocycles. The molecule has 0 amide bonds. The molecule has 0 saturated heterocycles. The third-order valence-electron chi connectivity index (χ3n) is 3.11. The van der Waals surface area contributed by atoms with Crippen molar-refractivity contribution in [1.82, 2.24) is 20.3 Å². The van der Waals surface area contributed by atoms with Crippen LogP contribution in [0.25, 0.3) is 0 Å². The number of benzene rings is 1. The number of phenols is 1. The molecule has 19 heavy (non-hydrogen) atoms. The Morgan fingerprint density at radius 2 is 2.11 bits per heavy atom. The predicted molar refractivity (Wildman–Crippen MR) is 73.9 cm³/mol. The lowest BCUT2D eigenvalue weighted by molar-refractivity contribution is 0.469. The number of aryl methyl sites for hydroxylation is 1. The molecule has 2 N–H and O–H groups in total. The molecule has 0 aliphatic rings. The van der Waals surface area contributed by atoms with Crippen molar-refractivity contribution >= 4 is 0 Å². The molecule has 0 saturated carbocycles. The number of rotatable bonds is 7. The Morgan fingerprint density at radius 1 is 1.32 bits per heavy atom. The first-order valence-corrected chi connectivity index (χ1v) is 6.59. The lowest BCUT2D eigenvalue weighted by atomic mass is 10.1. The Morgan fingerprint density at radius 3 is 2.79 bits per heavy atom. The van der Waals surface area contributed by atoms with E-state index in [9.17, 15) is 5.11 Å². The van der Waals surface area contributed by atoms with Crippen LogP contribution in [0.4, 0.5) is 0 Å². The van der Waals surface area contributed by atoms with Gasteiger partial charge in [-0.3, -0.25) is 4.68 Å². The van der Waals surface area contributed by atoms with Gasteiger partial charge in [-0.2, -0.15) is 0 Å². The molecule has 2 aromatic rings. The van der Waals surface area contributed by atoms with E-state index in [0.29, 0.717) is 11.8 Å². The van der Waals surface area contributed by atoms with Crippen LogP contribution in [0.2, 0.25) is 0 Å². The van der Waals surface area contributed by atoms with Crippen LogP contribution in [0, 0.1) is 0 Å². The molecule has 0 spiro atoms. The van der Waals surface area contributed by atoms with Crippen molar-refractivity contribution in [2.24, 2.45) is 0 Å². The number of aromatic hydroxyl groups is 1. The summed E-state index contributed by atoms with van der Waals surface area (Å²) in [7, 11) is 0. The van der Waals surface area contributed by atoms with E-state index in [1.54, 1.807) is 18.3 Å². The van der Waals surface area contributed by atoms with E-state index in [4.69, 9.17) is 0 Å². The number of nitrogens with one attached hydrogen (secondary N) is 1. The molecule has 0 aliphatic heterocycles. The normalized spacial score (nSPS) is 12.5. The fourth-order valence-corrected chi connectivity index (χ4v) is 1.93. The van der Waals surface area contributed by atoms with Crippen molar-refractivity contribution in [3.05, 3.63) is 42.2 Å². The van der Waals surface area contributed by atoms with Crippen LogP contribution in [-0.2, 0) is 13.0 Å². The van der Waals surface area contributed by atoms with Gasteiger partial charge in [0.25, 0.3) is 0 Å². The smallest absolute Gasteiger partial charge is 0.115 e. The van der Waals surface area contributed by atoms with E-state index in [2.05, 4.69) is 22.6 Å².